The zero-order chi connectivity index (χ0) is 30.9. The van der Waals surface area contributed by atoms with E-state index in [4.69, 9.17) is 14.6 Å². The molecular formula is C33H40N2O8. The molecule has 5 N–H and O–H groups in total. The maximum atomic E-state index is 12.2. The normalized spacial score (nSPS) is 21.0. The van der Waals surface area contributed by atoms with E-state index in [0.29, 0.717) is 24.3 Å². The monoisotopic (exact) mass is 592 g/mol. The van der Waals surface area contributed by atoms with E-state index in [-0.39, 0.29) is 55.7 Å². The second-order valence-electron chi connectivity index (χ2n) is 11.1. The van der Waals surface area contributed by atoms with Crippen molar-refractivity contribution in [2.24, 2.45) is 5.92 Å². The minimum Gasteiger partial charge on any atom is -0.508 e. The van der Waals surface area contributed by atoms with Gasteiger partial charge in [0.15, 0.2) is 6.29 Å². The molecule has 5 unspecified atom stereocenters. The first-order valence-corrected chi connectivity index (χ1v) is 14.4. The van der Waals surface area contributed by atoms with E-state index < -0.39 is 18.4 Å². The largest absolute Gasteiger partial charge is 0.508 e. The number of carbonyl (C=O) groups excluding carboxylic acids is 1. The lowest BCUT2D eigenvalue weighted by atomic mass is 9.90. The van der Waals surface area contributed by atoms with Crippen molar-refractivity contribution in [2.75, 3.05) is 25.5 Å². The van der Waals surface area contributed by atoms with Gasteiger partial charge in [0.2, 0.25) is 5.91 Å². The van der Waals surface area contributed by atoms with Crippen LogP contribution in [-0.4, -0.2) is 63.4 Å². The molecule has 3 aromatic rings. The number of nitrogens with one attached hydrogen (secondary N) is 1. The minimum absolute atomic E-state index is 0.0511. The highest BCUT2D eigenvalue weighted by atomic mass is 16.7. The number of benzene rings is 3. The van der Waals surface area contributed by atoms with E-state index in [0.717, 1.165) is 16.7 Å². The van der Waals surface area contributed by atoms with Gasteiger partial charge in [-0.25, -0.2) is 0 Å². The van der Waals surface area contributed by atoms with E-state index >= 15 is 0 Å². The van der Waals surface area contributed by atoms with Crippen LogP contribution in [0.5, 0.6) is 5.75 Å². The van der Waals surface area contributed by atoms with Crippen molar-refractivity contribution in [3.8, 4) is 5.75 Å². The number of phenols is 1. The molecule has 0 aromatic heterocycles. The van der Waals surface area contributed by atoms with E-state index in [2.05, 4.69) is 12.2 Å². The number of amides is 1. The number of carboxylic acid groups (broad SMARTS) is 1. The summed E-state index contributed by atoms with van der Waals surface area (Å²) in [5, 5.41) is 41.6. The van der Waals surface area contributed by atoms with E-state index in [1.165, 1.54) is 0 Å². The molecule has 3 aromatic carbocycles. The van der Waals surface area contributed by atoms with E-state index in [1.807, 2.05) is 48.3 Å². The van der Waals surface area contributed by atoms with Crippen LogP contribution in [0.4, 0.5) is 5.69 Å². The maximum absolute atomic E-state index is 12.2. The number of likely N-dealkylation sites (N-methyl/N-ethyl adjacent to an activating group) is 1. The molecule has 1 amide bonds. The summed E-state index contributed by atoms with van der Waals surface area (Å²) in [7, 11) is 1.91. The van der Waals surface area contributed by atoms with Crippen LogP contribution in [0.15, 0.2) is 72.8 Å². The molecule has 43 heavy (non-hydrogen) atoms. The van der Waals surface area contributed by atoms with Gasteiger partial charge in [0, 0.05) is 43.1 Å². The number of rotatable bonds is 13. The number of nitrogens with zero attached hydrogens (tertiary/aromatic N) is 1. The Bertz CT molecular complexity index is 1350. The average Bonchev–Trinajstić information content (AvgIpc) is 2.98. The predicted octanol–water partition coefficient (Wildman–Crippen LogP) is 4.53. The number of anilines is 1. The predicted molar refractivity (Wildman–Crippen MR) is 160 cm³/mol. The Labute approximate surface area is 251 Å². The van der Waals surface area contributed by atoms with Gasteiger partial charge in [-0.1, -0.05) is 55.5 Å². The molecule has 0 aliphatic carbocycles. The molecule has 10 heteroatoms. The Morgan fingerprint density at radius 1 is 0.977 bits per heavy atom. The second-order valence-corrected chi connectivity index (χ2v) is 11.1. The summed E-state index contributed by atoms with van der Waals surface area (Å²) in [5.41, 5.74) is 3.73. The summed E-state index contributed by atoms with van der Waals surface area (Å²) in [4.78, 5) is 24.9. The molecular weight excluding hydrogens is 552 g/mol. The number of carboxylic acids is 1. The van der Waals surface area contributed by atoms with Crippen molar-refractivity contribution in [1.82, 2.24) is 4.90 Å². The minimum atomic E-state index is -0.932. The van der Waals surface area contributed by atoms with E-state index in [9.17, 15) is 24.9 Å². The summed E-state index contributed by atoms with van der Waals surface area (Å²) < 4.78 is 13.0. The first kappa shape index (κ1) is 32.1. The second kappa shape index (κ2) is 15.1. The van der Waals surface area contributed by atoms with Gasteiger partial charge in [-0.3, -0.25) is 9.59 Å². The molecule has 1 aliphatic heterocycles. The smallest absolute Gasteiger partial charge is 0.303 e. The van der Waals surface area contributed by atoms with Gasteiger partial charge < -0.3 is 40.1 Å². The number of carbonyl (C=O) groups is 2. The lowest BCUT2D eigenvalue weighted by Gasteiger charge is -2.42. The maximum Gasteiger partial charge on any atom is 0.303 e. The molecule has 10 nitrogen and oxygen atoms in total. The number of aliphatic carboxylic acids is 1. The quantitative estimate of drug-likeness (QED) is 0.193. The first-order valence-electron chi connectivity index (χ1n) is 14.4. The Kier molecular flexibility index (Phi) is 11.3. The third-order valence-corrected chi connectivity index (χ3v) is 7.62. The number of aliphatic hydroxyl groups excluding tert-OH is 2. The van der Waals surface area contributed by atoms with Crippen molar-refractivity contribution in [3.05, 3.63) is 95.1 Å². The standard InChI is InChI=1S/C33H40N2O8/c1-21-29(19-35(2)18-28(38)25-5-3-6-27(37)17-25)42-33(43-32(21)23-11-9-22(20-36)10-12-23)24-13-15-26(16-14-24)34-30(39)7-4-8-31(40)41/h3,5-6,9-17,21,28-29,32-33,36-38H,4,7-8,18-20H2,1-2H3,(H,34,39)(H,40,41). The number of hydrogen-bond acceptors (Lipinski definition) is 8. The topological polar surface area (TPSA) is 149 Å². The fourth-order valence-corrected chi connectivity index (χ4v) is 5.19. The lowest BCUT2D eigenvalue weighted by Crippen LogP contribution is -2.44. The van der Waals surface area contributed by atoms with Gasteiger partial charge >= 0.3 is 5.97 Å². The Hall–Kier alpha value is -3.80. The van der Waals surface area contributed by atoms with Crippen molar-refractivity contribution in [2.45, 2.75) is 57.4 Å². The van der Waals surface area contributed by atoms with Gasteiger partial charge in [-0.05, 0) is 54.4 Å². The van der Waals surface area contributed by atoms with Crippen LogP contribution in [0.3, 0.4) is 0 Å². The summed E-state index contributed by atoms with van der Waals surface area (Å²) in [5.74, 6) is -1.14. The van der Waals surface area contributed by atoms with Crippen molar-refractivity contribution in [3.63, 3.8) is 0 Å². The number of aromatic hydroxyl groups is 1. The highest BCUT2D eigenvalue weighted by Gasteiger charge is 2.39. The molecule has 230 valence electrons. The van der Waals surface area contributed by atoms with Crippen molar-refractivity contribution < 1.29 is 39.5 Å². The fourth-order valence-electron chi connectivity index (χ4n) is 5.19. The summed E-state index contributed by atoms with van der Waals surface area (Å²) in [6, 6.07) is 21.4. The molecule has 5 atom stereocenters. The van der Waals surface area contributed by atoms with Crippen molar-refractivity contribution in [1.29, 1.82) is 0 Å². The van der Waals surface area contributed by atoms with Crippen LogP contribution in [0.25, 0.3) is 0 Å². The number of hydrogen-bond donors (Lipinski definition) is 5. The van der Waals surface area contributed by atoms with Crippen molar-refractivity contribution >= 4 is 17.6 Å². The third-order valence-electron chi connectivity index (χ3n) is 7.62. The molecule has 4 rings (SSSR count). The molecule has 0 radical (unpaired) electrons. The molecule has 1 heterocycles. The highest BCUT2D eigenvalue weighted by Crippen LogP contribution is 2.42. The molecule has 1 fully saturated rings. The van der Waals surface area contributed by atoms with Gasteiger partial charge in [0.25, 0.3) is 0 Å². The zero-order valence-electron chi connectivity index (χ0n) is 24.4. The summed E-state index contributed by atoms with van der Waals surface area (Å²) in [6.45, 7) is 2.85. The van der Waals surface area contributed by atoms with Crippen LogP contribution in [0.1, 0.15) is 66.9 Å². The van der Waals surface area contributed by atoms with Gasteiger partial charge in [0.05, 0.1) is 24.9 Å². The third kappa shape index (κ3) is 9.09. The molecule has 0 spiro atoms. The summed E-state index contributed by atoms with van der Waals surface area (Å²) >= 11 is 0. The zero-order valence-corrected chi connectivity index (χ0v) is 24.4. The molecule has 1 saturated heterocycles. The van der Waals surface area contributed by atoms with Gasteiger partial charge in [0.1, 0.15) is 5.75 Å². The van der Waals surface area contributed by atoms with Crippen LogP contribution >= 0.6 is 0 Å². The molecule has 1 aliphatic rings. The number of aliphatic hydroxyl groups is 2. The van der Waals surface area contributed by atoms with E-state index in [1.54, 1.807) is 36.4 Å². The Morgan fingerprint density at radius 3 is 2.33 bits per heavy atom. The summed E-state index contributed by atoms with van der Waals surface area (Å²) in [6.07, 6.45) is -1.75. The Balaban J connectivity index is 1.48. The van der Waals surface area contributed by atoms with Gasteiger partial charge in [-0.2, -0.15) is 0 Å². The Morgan fingerprint density at radius 2 is 1.67 bits per heavy atom. The van der Waals surface area contributed by atoms with Crippen LogP contribution in [0.2, 0.25) is 0 Å². The molecule has 0 bridgehead atoms. The number of phenolic OH excluding ortho intramolecular Hbond substituents is 1. The highest BCUT2D eigenvalue weighted by molar-refractivity contribution is 5.90. The van der Waals surface area contributed by atoms with Crippen LogP contribution in [-0.2, 0) is 25.7 Å². The SMILES string of the molecule is CC1C(CN(C)CC(O)c2cccc(O)c2)OC(c2ccc(NC(=O)CCCC(=O)O)cc2)OC1c1ccc(CO)cc1. The lowest BCUT2D eigenvalue weighted by molar-refractivity contribution is -0.276. The fraction of sp³-hybridized carbons (Fsp3) is 0.394. The van der Waals surface area contributed by atoms with Crippen LogP contribution in [0, 0.1) is 5.92 Å². The molecule has 0 saturated carbocycles. The van der Waals surface area contributed by atoms with Crippen LogP contribution < -0.4 is 5.32 Å². The number of ether oxygens (including phenoxy) is 2. The average molecular weight is 593 g/mol. The van der Waals surface area contributed by atoms with Gasteiger partial charge in [-0.15, -0.1) is 0 Å². The first-order chi connectivity index (χ1) is 20.6.